The maximum atomic E-state index is 12.2. The Labute approximate surface area is 107 Å². The summed E-state index contributed by atoms with van der Waals surface area (Å²) in [6.45, 7) is 0. The number of nitrogens with zero attached hydrogens (tertiary/aromatic N) is 2. The van der Waals surface area contributed by atoms with Crippen molar-refractivity contribution in [2.75, 3.05) is 0 Å². The van der Waals surface area contributed by atoms with Crippen LogP contribution in [-0.2, 0) is 9.84 Å². The number of aromatic nitrogens is 4. The van der Waals surface area contributed by atoms with Crippen LogP contribution < -0.4 is 5.56 Å². The van der Waals surface area contributed by atoms with Crippen LogP contribution in [0.1, 0.15) is 0 Å². The lowest BCUT2D eigenvalue weighted by atomic mass is 10.2. The molecular formula is C11H8N4O3S. The van der Waals surface area contributed by atoms with Gasteiger partial charge in [0.2, 0.25) is 9.84 Å². The Morgan fingerprint density at radius 3 is 2.63 bits per heavy atom. The molecule has 0 aliphatic heterocycles. The Hall–Kier alpha value is -2.48. The first-order chi connectivity index (χ1) is 9.09. The Morgan fingerprint density at radius 1 is 1.05 bits per heavy atom. The fourth-order valence-corrected chi connectivity index (χ4v) is 2.96. The highest BCUT2D eigenvalue weighted by Gasteiger charge is 2.19. The molecule has 2 aromatic heterocycles. The van der Waals surface area contributed by atoms with Crippen molar-refractivity contribution < 1.29 is 8.42 Å². The standard InChI is InChI=1S/C11H8N4O3S/c16-11-9-2-1-8(5-7(9)6-13-15-11)19(17,18)10-3-4-12-14-10/h1-6H,(H,12,14)(H,15,16). The number of fused-ring (bicyclic) bond motifs is 1. The number of hydrogen-bond donors (Lipinski definition) is 2. The second kappa shape index (κ2) is 4.02. The van der Waals surface area contributed by atoms with E-state index < -0.39 is 9.84 Å². The average Bonchev–Trinajstić information content (AvgIpc) is 2.93. The van der Waals surface area contributed by atoms with Gasteiger partial charge in [-0.3, -0.25) is 9.89 Å². The molecule has 0 unspecified atom stereocenters. The van der Waals surface area contributed by atoms with Crippen molar-refractivity contribution in [3.63, 3.8) is 0 Å². The summed E-state index contributed by atoms with van der Waals surface area (Å²) in [5.41, 5.74) is -0.358. The van der Waals surface area contributed by atoms with E-state index in [4.69, 9.17) is 0 Å². The van der Waals surface area contributed by atoms with Crippen LogP contribution in [0.15, 0.2) is 51.4 Å². The highest BCUT2D eigenvalue weighted by atomic mass is 32.2. The molecule has 0 saturated carbocycles. The molecule has 0 aliphatic carbocycles. The molecule has 2 N–H and O–H groups in total. The van der Waals surface area contributed by atoms with Crippen molar-refractivity contribution >= 4 is 20.6 Å². The predicted octanol–water partition coefficient (Wildman–Crippen LogP) is 0.479. The first-order valence-electron chi connectivity index (χ1n) is 5.31. The van der Waals surface area contributed by atoms with E-state index in [-0.39, 0.29) is 15.5 Å². The summed E-state index contributed by atoms with van der Waals surface area (Å²) in [6, 6.07) is 5.62. The van der Waals surface area contributed by atoms with Crippen LogP contribution in [0.3, 0.4) is 0 Å². The minimum atomic E-state index is -3.66. The van der Waals surface area contributed by atoms with Crippen LogP contribution in [-0.4, -0.2) is 28.8 Å². The number of sulfone groups is 1. The molecule has 0 amide bonds. The Bertz CT molecular complexity index is 897. The third-order valence-electron chi connectivity index (χ3n) is 2.71. The lowest BCUT2D eigenvalue weighted by Gasteiger charge is -2.03. The summed E-state index contributed by atoms with van der Waals surface area (Å²) in [7, 11) is -3.66. The molecule has 19 heavy (non-hydrogen) atoms. The van der Waals surface area contributed by atoms with Crippen LogP contribution in [0.2, 0.25) is 0 Å². The zero-order valence-electron chi connectivity index (χ0n) is 9.49. The molecule has 3 aromatic rings. The second-order valence-electron chi connectivity index (χ2n) is 3.87. The summed E-state index contributed by atoms with van der Waals surface area (Å²) in [5.74, 6) is 0. The number of aromatic amines is 2. The molecule has 0 spiro atoms. The van der Waals surface area contributed by atoms with E-state index in [9.17, 15) is 13.2 Å². The number of benzene rings is 1. The average molecular weight is 276 g/mol. The Morgan fingerprint density at radius 2 is 1.89 bits per heavy atom. The van der Waals surface area contributed by atoms with E-state index in [0.29, 0.717) is 10.8 Å². The third kappa shape index (κ3) is 1.82. The first-order valence-corrected chi connectivity index (χ1v) is 6.79. The van der Waals surface area contributed by atoms with Crippen molar-refractivity contribution in [3.05, 3.63) is 47.0 Å². The zero-order chi connectivity index (χ0) is 13.5. The van der Waals surface area contributed by atoms with E-state index in [2.05, 4.69) is 20.4 Å². The van der Waals surface area contributed by atoms with Gasteiger partial charge in [0, 0.05) is 5.39 Å². The molecule has 2 heterocycles. The molecule has 0 saturated heterocycles. The molecule has 0 radical (unpaired) electrons. The van der Waals surface area contributed by atoms with Gasteiger partial charge in [0.05, 0.1) is 22.7 Å². The Balaban J connectivity index is 2.25. The minimum Gasteiger partial charge on any atom is -0.267 e. The van der Waals surface area contributed by atoms with Gasteiger partial charge < -0.3 is 0 Å². The van der Waals surface area contributed by atoms with Crippen LogP contribution in [0.4, 0.5) is 0 Å². The summed E-state index contributed by atoms with van der Waals surface area (Å²) >= 11 is 0. The van der Waals surface area contributed by atoms with Crippen LogP contribution >= 0.6 is 0 Å². The highest BCUT2D eigenvalue weighted by Crippen LogP contribution is 2.21. The van der Waals surface area contributed by atoms with Crippen molar-refractivity contribution in [1.29, 1.82) is 0 Å². The van der Waals surface area contributed by atoms with Gasteiger partial charge in [-0.2, -0.15) is 10.2 Å². The third-order valence-corrected chi connectivity index (χ3v) is 4.39. The van der Waals surface area contributed by atoms with E-state index in [0.717, 1.165) is 0 Å². The van der Waals surface area contributed by atoms with E-state index in [1.807, 2.05) is 0 Å². The monoisotopic (exact) mass is 276 g/mol. The quantitative estimate of drug-likeness (QED) is 0.707. The minimum absolute atomic E-state index is 0.00431. The number of rotatable bonds is 2. The molecular weight excluding hydrogens is 268 g/mol. The molecule has 3 rings (SSSR count). The normalized spacial score (nSPS) is 11.8. The summed E-state index contributed by atoms with van der Waals surface area (Å²) < 4.78 is 24.5. The Kier molecular flexibility index (Phi) is 2.46. The molecule has 96 valence electrons. The molecule has 1 aromatic carbocycles. The maximum absolute atomic E-state index is 12.2. The first kappa shape index (κ1) is 11.6. The fourth-order valence-electron chi connectivity index (χ4n) is 1.76. The molecule has 8 heteroatoms. The van der Waals surface area contributed by atoms with Gasteiger partial charge in [-0.1, -0.05) is 0 Å². The van der Waals surface area contributed by atoms with Crippen LogP contribution in [0.25, 0.3) is 10.8 Å². The second-order valence-corrected chi connectivity index (χ2v) is 5.79. The van der Waals surface area contributed by atoms with Gasteiger partial charge in [-0.15, -0.1) is 0 Å². The lowest BCUT2D eigenvalue weighted by molar-refractivity contribution is 0.592. The molecule has 0 aliphatic rings. The topological polar surface area (TPSA) is 109 Å². The molecule has 0 fully saturated rings. The summed E-state index contributed by atoms with van der Waals surface area (Å²) in [4.78, 5) is 11.6. The van der Waals surface area contributed by atoms with Gasteiger partial charge in [0.25, 0.3) is 5.56 Å². The zero-order valence-corrected chi connectivity index (χ0v) is 10.3. The van der Waals surface area contributed by atoms with Gasteiger partial charge in [0.1, 0.15) is 0 Å². The lowest BCUT2D eigenvalue weighted by Crippen LogP contribution is -2.08. The van der Waals surface area contributed by atoms with Gasteiger partial charge in [-0.05, 0) is 24.3 Å². The van der Waals surface area contributed by atoms with Gasteiger partial charge >= 0.3 is 0 Å². The van der Waals surface area contributed by atoms with Crippen molar-refractivity contribution in [3.8, 4) is 0 Å². The van der Waals surface area contributed by atoms with Crippen molar-refractivity contribution in [2.45, 2.75) is 9.92 Å². The van der Waals surface area contributed by atoms with E-state index in [1.54, 1.807) is 0 Å². The van der Waals surface area contributed by atoms with E-state index in [1.165, 1.54) is 36.7 Å². The van der Waals surface area contributed by atoms with Crippen LogP contribution in [0.5, 0.6) is 0 Å². The number of nitrogens with one attached hydrogen (secondary N) is 2. The highest BCUT2D eigenvalue weighted by molar-refractivity contribution is 7.91. The van der Waals surface area contributed by atoms with E-state index >= 15 is 0 Å². The molecule has 0 atom stereocenters. The van der Waals surface area contributed by atoms with Gasteiger partial charge in [-0.25, -0.2) is 13.5 Å². The van der Waals surface area contributed by atoms with Crippen molar-refractivity contribution in [1.82, 2.24) is 20.4 Å². The smallest absolute Gasteiger partial charge is 0.267 e. The van der Waals surface area contributed by atoms with Crippen molar-refractivity contribution in [2.24, 2.45) is 0 Å². The SMILES string of the molecule is O=c1[nH]ncc2cc(S(=O)(=O)c3ccn[nH]3)ccc12. The van der Waals surface area contributed by atoms with Crippen LogP contribution in [0, 0.1) is 0 Å². The summed E-state index contributed by atoms with van der Waals surface area (Å²) in [6.07, 6.45) is 2.77. The summed E-state index contributed by atoms with van der Waals surface area (Å²) in [5, 5.41) is 12.8. The molecule has 0 bridgehead atoms. The maximum Gasteiger partial charge on any atom is 0.272 e. The fraction of sp³-hybridized carbons (Fsp3) is 0. The van der Waals surface area contributed by atoms with Gasteiger partial charge in [0.15, 0.2) is 5.03 Å². The predicted molar refractivity (Wildman–Crippen MR) is 66.4 cm³/mol. The number of H-pyrrole nitrogens is 2. The molecule has 7 nitrogen and oxygen atoms in total. The largest absolute Gasteiger partial charge is 0.272 e. The number of hydrogen-bond acceptors (Lipinski definition) is 5.